The van der Waals surface area contributed by atoms with Crippen molar-refractivity contribution >= 4 is 23.4 Å². The summed E-state index contributed by atoms with van der Waals surface area (Å²) in [7, 11) is 0. The molecule has 0 N–H and O–H groups in total. The third-order valence-corrected chi connectivity index (χ3v) is 4.47. The third kappa shape index (κ3) is 4.01. The van der Waals surface area contributed by atoms with Gasteiger partial charge in [0.05, 0.1) is 28.0 Å². The molecule has 24 heavy (non-hydrogen) atoms. The van der Waals surface area contributed by atoms with Gasteiger partial charge in [0.15, 0.2) is 0 Å². The zero-order chi connectivity index (χ0) is 17.1. The molecule has 0 aliphatic carbocycles. The first kappa shape index (κ1) is 16.7. The van der Waals surface area contributed by atoms with Gasteiger partial charge in [-0.05, 0) is 38.1 Å². The van der Waals surface area contributed by atoms with E-state index in [4.69, 9.17) is 16.3 Å². The van der Waals surface area contributed by atoms with Gasteiger partial charge >= 0.3 is 6.01 Å². The minimum Gasteiger partial charge on any atom is -0.423 e. The number of hydrogen-bond acceptors (Lipinski definition) is 5. The number of aryl methyl sites for hydroxylation is 2. The number of ether oxygens (including phenoxy) is 1. The summed E-state index contributed by atoms with van der Waals surface area (Å²) in [4.78, 5) is 14.3. The van der Waals surface area contributed by atoms with Crippen LogP contribution in [0, 0.1) is 19.7 Å². The average molecular weight is 362 g/mol. The van der Waals surface area contributed by atoms with Gasteiger partial charge in [-0.25, -0.2) is 14.4 Å². The van der Waals surface area contributed by atoms with Crippen LogP contribution < -0.4 is 4.74 Å². The van der Waals surface area contributed by atoms with Gasteiger partial charge in [0, 0.05) is 16.7 Å². The van der Waals surface area contributed by atoms with Crippen molar-refractivity contribution < 1.29 is 9.13 Å². The normalized spacial score (nSPS) is 10.7. The van der Waals surface area contributed by atoms with E-state index in [2.05, 4.69) is 15.0 Å². The van der Waals surface area contributed by atoms with Crippen molar-refractivity contribution in [3.63, 3.8) is 0 Å². The largest absolute Gasteiger partial charge is 0.423 e. The van der Waals surface area contributed by atoms with Gasteiger partial charge in [-0.15, -0.1) is 0 Å². The quantitative estimate of drug-likeness (QED) is 0.637. The van der Waals surface area contributed by atoms with E-state index in [1.807, 2.05) is 19.9 Å². The Hall–Kier alpha value is -2.18. The molecule has 0 aliphatic rings. The summed E-state index contributed by atoms with van der Waals surface area (Å²) in [5.74, 6) is 0.320. The van der Waals surface area contributed by atoms with Gasteiger partial charge < -0.3 is 4.74 Å². The maximum atomic E-state index is 13.1. The Labute approximate surface area is 148 Å². The van der Waals surface area contributed by atoms with E-state index in [1.165, 1.54) is 36.3 Å². The van der Waals surface area contributed by atoms with Crippen molar-refractivity contribution in [1.82, 2.24) is 15.0 Å². The highest BCUT2D eigenvalue weighted by Gasteiger charge is 2.14. The second kappa shape index (κ2) is 7.15. The number of halogens is 2. The van der Waals surface area contributed by atoms with Crippen LogP contribution in [0.3, 0.4) is 0 Å². The Kier molecular flexibility index (Phi) is 4.97. The third-order valence-electron chi connectivity index (χ3n) is 3.07. The number of benzene rings is 1. The van der Waals surface area contributed by atoms with Crippen LogP contribution in [0.5, 0.6) is 11.8 Å². The summed E-state index contributed by atoms with van der Waals surface area (Å²) >= 11 is 7.24. The lowest BCUT2D eigenvalue weighted by molar-refractivity contribution is 0.429. The van der Waals surface area contributed by atoms with Gasteiger partial charge in [0.25, 0.3) is 0 Å². The summed E-state index contributed by atoms with van der Waals surface area (Å²) in [6.07, 6.45) is 2.94. The molecule has 7 heteroatoms. The van der Waals surface area contributed by atoms with Crippen LogP contribution in [0.15, 0.2) is 52.5 Å². The first-order valence-electron chi connectivity index (χ1n) is 7.08. The fourth-order valence-electron chi connectivity index (χ4n) is 2.05. The molecule has 0 unspecified atom stereocenters. The smallest absolute Gasteiger partial charge is 0.321 e. The number of rotatable bonds is 4. The molecule has 0 spiro atoms. The lowest BCUT2D eigenvalue weighted by atomic mass is 10.3. The molecule has 1 aromatic carbocycles. The lowest BCUT2D eigenvalue weighted by Gasteiger charge is -2.13. The molecule has 3 rings (SSSR count). The van der Waals surface area contributed by atoms with Crippen molar-refractivity contribution in [2.75, 3.05) is 0 Å². The Balaban J connectivity index is 1.95. The Morgan fingerprint density at radius 1 is 1.08 bits per heavy atom. The maximum absolute atomic E-state index is 13.1. The molecule has 0 saturated carbocycles. The summed E-state index contributed by atoms with van der Waals surface area (Å²) in [5, 5.41) is 0.436. The summed E-state index contributed by atoms with van der Waals surface area (Å²) < 4.78 is 18.9. The van der Waals surface area contributed by atoms with Gasteiger partial charge in [-0.1, -0.05) is 23.4 Å². The van der Waals surface area contributed by atoms with Crippen molar-refractivity contribution in [2.24, 2.45) is 0 Å². The molecule has 0 radical (unpaired) electrons. The molecule has 4 nitrogen and oxygen atoms in total. The maximum Gasteiger partial charge on any atom is 0.321 e. The van der Waals surface area contributed by atoms with Crippen LogP contribution in [-0.2, 0) is 0 Å². The molecular formula is C17H13ClFN3OS. The molecular weight excluding hydrogens is 349 g/mol. The predicted molar refractivity (Wildman–Crippen MR) is 91.4 cm³/mol. The number of hydrogen-bond donors (Lipinski definition) is 0. The summed E-state index contributed by atoms with van der Waals surface area (Å²) in [5.41, 5.74) is 1.63. The zero-order valence-electron chi connectivity index (χ0n) is 13.0. The number of nitrogens with zero attached hydrogens (tertiary/aromatic N) is 3. The average Bonchev–Trinajstić information content (AvgIpc) is 2.54. The number of aromatic nitrogens is 3. The lowest BCUT2D eigenvalue weighted by Crippen LogP contribution is -1.97. The fraction of sp³-hybridized carbons (Fsp3) is 0.118. The van der Waals surface area contributed by atoms with Crippen LogP contribution >= 0.6 is 23.4 Å². The Bertz CT molecular complexity index is 857. The fourth-order valence-corrected chi connectivity index (χ4v) is 3.05. The van der Waals surface area contributed by atoms with E-state index in [9.17, 15) is 4.39 Å². The van der Waals surface area contributed by atoms with E-state index < -0.39 is 0 Å². The topological polar surface area (TPSA) is 47.9 Å². The van der Waals surface area contributed by atoms with Crippen LogP contribution in [0.25, 0.3) is 0 Å². The van der Waals surface area contributed by atoms with Gasteiger partial charge in [-0.2, -0.15) is 0 Å². The minimum absolute atomic E-state index is 0.199. The van der Waals surface area contributed by atoms with Gasteiger partial charge in [0.2, 0.25) is 0 Å². The van der Waals surface area contributed by atoms with Crippen LogP contribution in [0.4, 0.5) is 4.39 Å². The molecule has 2 heterocycles. The highest BCUT2D eigenvalue weighted by Crippen LogP contribution is 2.38. The number of pyridine rings is 1. The summed E-state index contributed by atoms with van der Waals surface area (Å²) in [6.45, 7) is 3.78. The SMILES string of the molecule is Cc1cc(Oc2ncc(Cl)cn2)c(Sc2ccc(F)cc2)c(C)n1. The standard InChI is InChI=1S/C17H13ClFN3OS/c1-10-7-15(23-17-20-8-12(18)9-21-17)16(11(2)22-10)24-14-5-3-13(19)4-6-14/h3-9H,1-2H3. The predicted octanol–water partition coefficient (Wildman–Crippen LogP) is 5.22. The Morgan fingerprint density at radius 2 is 1.75 bits per heavy atom. The van der Waals surface area contributed by atoms with Crippen LogP contribution in [0.2, 0.25) is 5.02 Å². The molecule has 0 bridgehead atoms. The van der Waals surface area contributed by atoms with E-state index in [0.29, 0.717) is 10.8 Å². The molecule has 0 saturated heterocycles. The summed E-state index contributed by atoms with van der Waals surface area (Å²) in [6, 6.07) is 8.27. The molecule has 0 fully saturated rings. The molecule has 2 aromatic heterocycles. The molecule has 0 aliphatic heterocycles. The van der Waals surface area contributed by atoms with E-state index in [0.717, 1.165) is 21.2 Å². The van der Waals surface area contributed by atoms with Crippen LogP contribution in [0.1, 0.15) is 11.4 Å². The molecule has 0 amide bonds. The van der Waals surface area contributed by atoms with Gasteiger partial charge in [-0.3, -0.25) is 4.98 Å². The second-order valence-corrected chi connectivity index (χ2v) is 6.54. The van der Waals surface area contributed by atoms with E-state index in [-0.39, 0.29) is 11.8 Å². The minimum atomic E-state index is -0.274. The van der Waals surface area contributed by atoms with Crippen LogP contribution in [-0.4, -0.2) is 15.0 Å². The Morgan fingerprint density at radius 3 is 2.42 bits per heavy atom. The van der Waals surface area contributed by atoms with Crippen molar-refractivity contribution in [3.05, 3.63) is 65.0 Å². The second-order valence-electron chi connectivity index (χ2n) is 5.02. The van der Waals surface area contributed by atoms with E-state index in [1.54, 1.807) is 12.1 Å². The zero-order valence-corrected chi connectivity index (χ0v) is 14.5. The first-order valence-corrected chi connectivity index (χ1v) is 8.28. The highest BCUT2D eigenvalue weighted by molar-refractivity contribution is 7.99. The van der Waals surface area contributed by atoms with E-state index >= 15 is 0 Å². The monoisotopic (exact) mass is 361 g/mol. The van der Waals surface area contributed by atoms with Gasteiger partial charge in [0.1, 0.15) is 11.6 Å². The molecule has 0 atom stereocenters. The first-order chi connectivity index (χ1) is 11.5. The van der Waals surface area contributed by atoms with Crippen molar-refractivity contribution in [2.45, 2.75) is 23.6 Å². The molecule has 122 valence electrons. The highest BCUT2D eigenvalue weighted by atomic mass is 35.5. The molecule has 3 aromatic rings. The van der Waals surface area contributed by atoms with Crippen molar-refractivity contribution in [1.29, 1.82) is 0 Å². The van der Waals surface area contributed by atoms with Crippen molar-refractivity contribution in [3.8, 4) is 11.8 Å².